The number of ether oxygens (including phenoxy) is 1. The molecule has 0 radical (unpaired) electrons. The van der Waals surface area contributed by atoms with Crippen LogP contribution in [0.1, 0.15) is 18.4 Å². The molecule has 0 saturated heterocycles. The van der Waals surface area contributed by atoms with Gasteiger partial charge in [0.05, 0.1) is 13.7 Å². The average molecular weight is 542 g/mol. The molecular formula is C21H25ClIN5O2. The Kier molecular flexibility index (Phi) is 9.88. The van der Waals surface area contributed by atoms with Gasteiger partial charge in [0.2, 0.25) is 11.7 Å². The molecule has 0 spiro atoms. The van der Waals surface area contributed by atoms with Gasteiger partial charge >= 0.3 is 0 Å². The summed E-state index contributed by atoms with van der Waals surface area (Å²) < 4.78 is 10.6. The maximum Gasteiger partial charge on any atom is 0.228 e. The molecule has 0 aliphatic heterocycles. The van der Waals surface area contributed by atoms with Crippen molar-refractivity contribution in [3.05, 3.63) is 65.0 Å². The van der Waals surface area contributed by atoms with E-state index in [2.05, 4.69) is 25.8 Å². The van der Waals surface area contributed by atoms with Crippen molar-refractivity contribution in [2.75, 3.05) is 20.2 Å². The van der Waals surface area contributed by atoms with Crippen molar-refractivity contribution in [2.45, 2.75) is 19.9 Å². The summed E-state index contributed by atoms with van der Waals surface area (Å²) in [4.78, 5) is 9.04. The van der Waals surface area contributed by atoms with Crippen LogP contribution in [0, 0.1) is 0 Å². The number of hydrogen-bond donors (Lipinski definition) is 2. The summed E-state index contributed by atoms with van der Waals surface area (Å²) in [5.74, 6) is 2.66. The SMILES string of the molecule is CCNC(=NCc1cccc(OC)c1)NCCc1nc(-c2ccc(Cl)cc2)no1.I. The van der Waals surface area contributed by atoms with Crippen molar-refractivity contribution in [3.8, 4) is 17.1 Å². The lowest BCUT2D eigenvalue weighted by Crippen LogP contribution is -2.38. The number of methoxy groups -OCH3 is 1. The molecule has 9 heteroatoms. The van der Waals surface area contributed by atoms with Crippen molar-refractivity contribution in [3.63, 3.8) is 0 Å². The van der Waals surface area contributed by atoms with E-state index in [9.17, 15) is 0 Å². The zero-order valence-corrected chi connectivity index (χ0v) is 20.0. The van der Waals surface area contributed by atoms with Gasteiger partial charge in [0.1, 0.15) is 5.75 Å². The van der Waals surface area contributed by atoms with E-state index in [-0.39, 0.29) is 24.0 Å². The van der Waals surface area contributed by atoms with Crippen LogP contribution in [0.5, 0.6) is 5.75 Å². The van der Waals surface area contributed by atoms with E-state index in [0.717, 1.165) is 29.4 Å². The van der Waals surface area contributed by atoms with E-state index in [4.69, 9.17) is 20.9 Å². The largest absolute Gasteiger partial charge is 0.497 e. The minimum Gasteiger partial charge on any atom is -0.497 e. The number of rotatable bonds is 8. The summed E-state index contributed by atoms with van der Waals surface area (Å²) in [6, 6.07) is 15.2. The summed E-state index contributed by atoms with van der Waals surface area (Å²) in [6.07, 6.45) is 0.587. The highest BCUT2D eigenvalue weighted by Gasteiger charge is 2.09. The molecule has 0 saturated carbocycles. The first kappa shape index (κ1) is 23.9. The molecule has 0 aliphatic carbocycles. The zero-order chi connectivity index (χ0) is 20.5. The van der Waals surface area contributed by atoms with Gasteiger partial charge in [-0.25, -0.2) is 4.99 Å². The third kappa shape index (κ3) is 7.17. The molecule has 2 N–H and O–H groups in total. The van der Waals surface area contributed by atoms with E-state index in [1.54, 1.807) is 19.2 Å². The van der Waals surface area contributed by atoms with Crippen LogP contribution in [-0.2, 0) is 13.0 Å². The predicted molar refractivity (Wildman–Crippen MR) is 130 cm³/mol. The van der Waals surface area contributed by atoms with Crippen LogP contribution in [0.4, 0.5) is 0 Å². The van der Waals surface area contributed by atoms with Gasteiger partial charge in [0.15, 0.2) is 5.96 Å². The Morgan fingerprint density at radius 3 is 2.70 bits per heavy atom. The molecule has 0 unspecified atom stereocenters. The first-order valence-electron chi connectivity index (χ1n) is 9.41. The smallest absolute Gasteiger partial charge is 0.228 e. The average Bonchev–Trinajstić information content (AvgIpc) is 3.21. The van der Waals surface area contributed by atoms with Gasteiger partial charge < -0.3 is 19.9 Å². The van der Waals surface area contributed by atoms with E-state index in [0.29, 0.717) is 36.2 Å². The minimum atomic E-state index is 0. The predicted octanol–water partition coefficient (Wildman–Crippen LogP) is 4.31. The molecule has 2 aromatic carbocycles. The molecule has 1 aromatic heterocycles. The highest BCUT2D eigenvalue weighted by Crippen LogP contribution is 2.18. The lowest BCUT2D eigenvalue weighted by molar-refractivity contribution is 0.378. The van der Waals surface area contributed by atoms with Crippen LogP contribution in [0.15, 0.2) is 58.0 Å². The maximum atomic E-state index is 5.91. The molecular weight excluding hydrogens is 517 g/mol. The number of nitrogens with one attached hydrogen (secondary N) is 2. The van der Waals surface area contributed by atoms with E-state index >= 15 is 0 Å². The Labute approximate surface area is 198 Å². The molecule has 0 fully saturated rings. The quantitative estimate of drug-likeness (QED) is 0.251. The van der Waals surface area contributed by atoms with Crippen molar-refractivity contribution >= 4 is 41.5 Å². The van der Waals surface area contributed by atoms with Crippen molar-refractivity contribution < 1.29 is 9.26 Å². The molecule has 0 amide bonds. The van der Waals surface area contributed by atoms with Crippen LogP contribution < -0.4 is 15.4 Å². The first-order valence-corrected chi connectivity index (χ1v) is 9.79. The second-order valence-electron chi connectivity index (χ2n) is 6.24. The summed E-state index contributed by atoms with van der Waals surface area (Å²) in [7, 11) is 1.66. The lowest BCUT2D eigenvalue weighted by Gasteiger charge is -2.10. The Bertz CT molecular complexity index is 947. The zero-order valence-electron chi connectivity index (χ0n) is 16.9. The van der Waals surface area contributed by atoms with Gasteiger partial charge in [0.25, 0.3) is 0 Å². The molecule has 30 heavy (non-hydrogen) atoms. The third-order valence-corrected chi connectivity index (χ3v) is 4.35. The van der Waals surface area contributed by atoms with Crippen molar-refractivity contribution in [1.29, 1.82) is 0 Å². The summed E-state index contributed by atoms with van der Waals surface area (Å²) in [5, 5.41) is 11.2. The number of hydrogen-bond acceptors (Lipinski definition) is 5. The number of halogens is 2. The standard InChI is InChI=1S/C21H24ClN5O2.HI/c1-3-23-21(25-14-15-5-4-6-18(13-15)28-2)24-12-11-19-26-20(27-29-19)16-7-9-17(22)10-8-16;/h4-10,13H,3,11-12,14H2,1-2H3,(H2,23,24,25);1H. The number of guanidine groups is 1. The molecule has 1 heterocycles. The molecule has 160 valence electrons. The minimum absolute atomic E-state index is 0. The molecule has 0 aliphatic rings. The van der Waals surface area contributed by atoms with Crippen LogP contribution in [-0.4, -0.2) is 36.3 Å². The van der Waals surface area contributed by atoms with E-state index in [1.165, 1.54) is 0 Å². The second-order valence-corrected chi connectivity index (χ2v) is 6.68. The van der Waals surface area contributed by atoms with Crippen LogP contribution >= 0.6 is 35.6 Å². The number of nitrogens with zero attached hydrogens (tertiary/aromatic N) is 3. The summed E-state index contributed by atoms with van der Waals surface area (Å²) in [5.41, 5.74) is 1.94. The fourth-order valence-corrected chi connectivity index (χ4v) is 2.77. The third-order valence-electron chi connectivity index (χ3n) is 4.10. The number of aliphatic imine (C=N–C) groups is 1. The molecule has 3 aromatic rings. The first-order chi connectivity index (χ1) is 14.2. The second kappa shape index (κ2) is 12.4. The van der Waals surface area contributed by atoms with Gasteiger partial charge in [-0.1, -0.05) is 28.9 Å². The fraction of sp³-hybridized carbons (Fsp3) is 0.286. The molecule has 7 nitrogen and oxygen atoms in total. The van der Waals surface area contributed by atoms with Gasteiger partial charge in [-0.15, -0.1) is 24.0 Å². The monoisotopic (exact) mass is 541 g/mol. The molecule has 0 atom stereocenters. The highest BCUT2D eigenvalue weighted by molar-refractivity contribution is 14.0. The topological polar surface area (TPSA) is 84.6 Å². The van der Waals surface area contributed by atoms with Gasteiger partial charge in [0, 0.05) is 30.1 Å². The maximum absolute atomic E-state index is 5.91. The highest BCUT2D eigenvalue weighted by atomic mass is 127. The van der Waals surface area contributed by atoms with Gasteiger partial charge in [-0.3, -0.25) is 0 Å². The van der Waals surface area contributed by atoms with Crippen molar-refractivity contribution in [2.24, 2.45) is 4.99 Å². The van der Waals surface area contributed by atoms with Crippen LogP contribution in [0.25, 0.3) is 11.4 Å². The van der Waals surface area contributed by atoms with Crippen LogP contribution in [0.2, 0.25) is 5.02 Å². The van der Waals surface area contributed by atoms with Crippen molar-refractivity contribution in [1.82, 2.24) is 20.8 Å². The number of aromatic nitrogens is 2. The normalized spacial score (nSPS) is 11.0. The molecule has 3 rings (SSSR count). The Balaban J connectivity index is 0.00000320. The van der Waals surface area contributed by atoms with Gasteiger partial charge in [-0.05, 0) is 48.9 Å². The summed E-state index contributed by atoms with van der Waals surface area (Å²) >= 11 is 5.91. The van der Waals surface area contributed by atoms with E-state index < -0.39 is 0 Å². The van der Waals surface area contributed by atoms with Gasteiger partial charge in [-0.2, -0.15) is 4.98 Å². The number of benzene rings is 2. The summed E-state index contributed by atoms with van der Waals surface area (Å²) in [6.45, 7) is 3.96. The Hall–Kier alpha value is -2.33. The molecule has 0 bridgehead atoms. The Morgan fingerprint density at radius 1 is 1.17 bits per heavy atom. The Morgan fingerprint density at radius 2 is 1.97 bits per heavy atom. The van der Waals surface area contributed by atoms with E-state index in [1.807, 2.05) is 43.3 Å². The lowest BCUT2D eigenvalue weighted by atomic mass is 10.2. The van der Waals surface area contributed by atoms with Crippen LogP contribution in [0.3, 0.4) is 0 Å². The fourth-order valence-electron chi connectivity index (χ4n) is 2.64.